The number of carbonyl (C=O) groups is 2. The van der Waals surface area contributed by atoms with Crippen molar-refractivity contribution in [1.82, 2.24) is 9.88 Å². The van der Waals surface area contributed by atoms with Gasteiger partial charge in [-0.3, -0.25) is 14.6 Å². The molecule has 2 amide bonds. The summed E-state index contributed by atoms with van der Waals surface area (Å²) in [4.78, 5) is 40.2. The predicted octanol–water partition coefficient (Wildman–Crippen LogP) is 2.85. The number of oxazole rings is 1. The minimum Gasteiger partial charge on any atom is -0.408 e. The van der Waals surface area contributed by atoms with E-state index >= 15 is 0 Å². The second kappa shape index (κ2) is 7.95. The summed E-state index contributed by atoms with van der Waals surface area (Å²) in [5.41, 5.74) is 3.85. The van der Waals surface area contributed by atoms with Crippen molar-refractivity contribution < 1.29 is 14.0 Å². The number of benzene rings is 2. The van der Waals surface area contributed by atoms with E-state index in [1.807, 2.05) is 0 Å². The molecule has 150 valence electrons. The second-order valence-corrected chi connectivity index (χ2v) is 7.61. The first kappa shape index (κ1) is 19.0. The fraction of sp³-hybridized carbons (Fsp3) is 0.318. The van der Waals surface area contributed by atoms with Crippen LogP contribution in [0.1, 0.15) is 24.0 Å². The van der Waals surface area contributed by atoms with Crippen molar-refractivity contribution in [2.24, 2.45) is 5.92 Å². The molecule has 1 aromatic heterocycles. The van der Waals surface area contributed by atoms with Crippen LogP contribution in [0.25, 0.3) is 11.1 Å². The SMILES string of the molecule is Cc1cccc(CC2CCN(C(=O)C(=O)Nc3ccc4[nH]c(=O)oc4c3)CC2)c1. The Morgan fingerprint density at radius 1 is 1.17 bits per heavy atom. The highest BCUT2D eigenvalue weighted by Crippen LogP contribution is 2.23. The Kier molecular flexibility index (Phi) is 5.20. The summed E-state index contributed by atoms with van der Waals surface area (Å²) in [7, 11) is 0. The summed E-state index contributed by atoms with van der Waals surface area (Å²) in [6.07, 6.45) is 2.76. The molecule has 0 unspecified atom stereocenters. The fourth-order valence-electron chi connectivity index (χ4n) is 3.86. The highest BCUT2D eigenvalue weighted by Gasteiger charge is 2.27. The Labute approximate surface area is 167 Å². The van der Waals surface area contributed by atoms with Gasteiger partial charge in [-0.15, -0.1) is 0 Å². The third kappa shape index (κ3) is 4.39. The standard InChI is InChI=1S/C22H23N3O4/c1-14-3-2-4-16(11-14)12-15-7-9-25(10-8-15)21(27)20(26)23-17-5-6-18-19(13-17)29-22(28)24-18/h2-6,11,13,15H,7-10,12H2,1H3,(H,23,26)(H,24,28). The van der Waals surface area contributed by atoms with Crippen molar-refractivity contribution in [1.29, 1.82) is 0 Å². The van der Waals surface area contributed by atoms with E-state index < -0.39 is 17.6 Å². The van der Waals surface area contributed by atoms with Gasteiger partial charge < -0.3 is 14.6 Å². The third-order valence-electron chi connectivity index (χ3n) is 5.38. The van der Waals surface area contributed by atoms with E-state index in [1.165, 1.54) is 17.2 Å². The number of carbonyl (C=O) groups excluding carboxylic acids is 2. The minimum atomic E-state index is -0.681. The number of aromatic amines is 1. The van der Waals surface area contributed by atoms with Gasteiger partial charge in [0.25, 0.3) is 0 Å². The van der Waals surface area contributed by atoms with Gasteiger partial charge in [0.1, 0.15) is 0 Å². The van der Waals surface area contributed by atoms with Crippen LogP contribution in [0.4, 0.5) is 5.69 Å². The zero-order valence-corrected chi connectivity index (χ0v) is 16.2. The first-order valence-electron chi connectivity index (χ1n) is 9.76. The lowest BCUT2D eigenvalue weighted by Gasteiger charge is -2.31. The zero-order valence-electron chi connectivity index (χ0n) is 16.2. The quantitative estimate of drug-likeness (QED) is 0.669. The molecule has 1 saturated heterocycles. The van der Waals surface area contributed by atoms with Crippen LogP contribution in [-0.4, -0.2) is 34.8 Å². The number of aromatic nitrogens is 1. The maximum Gasteiger partial charge on any atom is 0.417 e. The van der Waals surface area contributed by atoms with Crippen molar-refractivity contribution in [2.45, 2.75) is 26.2 Å². The van der Waals surface area contributed by atoms with Crippen LogP contribution in [0.3, 0.4) is 0 Å². The van der Waals surface area contributed by atoms with Crippen LogP contribution in [0, 0.1) is 12.8 Å². The number of amides is 2. The molecular formula is C22H23N3O4. The van der Waals surface area contributed by atoms with Gasteiger partial charge in [0.2, 0.25) is 0 Å². The van der Waals surface area contributed by atoms with E-state index in [0.29, 0.717) is 35.8 Å². The summed E-state index contributed by atoms with van der Waals surface area (Å²) in [6, 6.07) is 13.3. The number of fused-ring (bicyclic) bond motifs is 1. The van der Waals surface area contributed by atoms with Crippen LogP contribution in [0.15, 0.2) is 51.7 Å². The molecule has 0 spiro atoms. The van der Waals surface area contributed by atoms with Gasteiger partial charge in [0, 0.05) is 24.8 Å². The molecule has 7 nitrogen and oxygen atoms in total. The normalized spacial score (nSPS) is 14.9. The molecule has 3 aromatic rings. The number of nitrogens with one attached hydrogen (secondary N) is 2. The smallest absolute Gasteiger partial charge is 0.408 e. The van der Waals surface area contributed by atoms with E-state index in [4.69, 9.17) is 4.42 Å². The molecule has 0 radical (unpaired) electrons. The molecule has 4 rings (SSSR count). The molecule has 0 atom stereocenters. The van der Waals surface area contributed by atoms with E-state index in [1.54, 1.807) is 17.0 Å². The maximum atomic E-state index is 12.5. The van der Waals surface area contributed by atoms with Crippen LogP contribution in [0.2, 0.25) is 0 Å². The number of hydrogen-bond donors (Lipinski definition) is 2. The number of likely N-dealkylation sites (tertiary alicyclic amines) is 1. The van der Waals surface area contributed by atoms with Crippen molar-refractivity contribution in [3.63, 3.8) is 0 Å². The molecule has 2 heterocycles. The lowest BCUT2D eigenvalue weighted by Crippen LogP contribution is -2.44. The molecule has 0 saturated carbocycles. The first-order chi connectivity index (χ1) is 14.0. The highest BCUT2D eigenvalue weighted by molar-refractivity contribution is 6.39. The van der Waals surface area contributed by atoms with Crippen molar-refractivity contribution >= 4 is 28.6 Å². The number of anilines is 1. The van der Waals surface area contributed by atoms with E-state index in [0.717, 1.165) is 19.3 Å². The number of rotatable bonds is 3. The summed E-state index contributed by atoms with van der Waals surface area (Å²) >= 11 is 0. The number of aryl methyl sites for hydroxylation is 1. The average Bonchev–Trinajstić information content (AvgIpc) is 3.07. The minimum absolute atomic E-state index is 0.331. The molecule has 2 N–H and O–H groups in total. The maximum absolute atomic E-state index is 12.5. The molecule has 29 heavy (non-hydrogen) atoms. The van der Waals surface area contributed by atoms with Gasteiger partial charge in [-0.2, -0.15) is 0 Å². The lowest BCUT2D eigenvalue weighted by atomic mass is 9.89. The van der Waals surface area contributed by atoms with E-state index in [9.17, 15) is 14.4 Å². The zero-order chi connectivity index (χ0) is 20.4. The summed E-state index contributed by atoms with van der Waals surface area (Å²) in [6.45, 7) is 3.24. The Bertz CT molecular complexity index is 1110. The van der Waals surface area contributed by atoms with Crippen molar-refractivity contribution in [2.75, 3.05) is 18.4 Å². The Hall–Kier alpha value is -3.35. The lowest BCUT2D eigenvalue weighted by molar-refractivity contribution is -0.144. The van der Waals surface area contributed by atoms with E-state index in [-0.39, 0.29) is 0 Å². The monoisotopic (exact) mass is 393 g/mol. The summed E-state index contributed by atoms with van der Waals surface area (Å²) in [5.74, 6) is -1.26. The van der Waals surface area contributed by atoms with Crippen LogP contribution in [0.5, 0.6) is 0 Å². The van der Waals surface area contributed by atoms with Gasteiger partial charge in [0.15, 0.2) is 5.58 Å². The molecule has 1 fully saturated rings. The first-order valence-corrected chi connectivity index (χ1v) is 9.76. The van der Waals surface area contributed by atoms with Gasteiger partial charge in [-0.05, 0) is 49.8 Å². The van der Waals surface area contributed by atoms with Gasteiger partial charge in [-0.1, -0.05) is 29.8 Å². The molecule has 7 heteroatoms. The molecular weight excluding hydrogens is 370 g/mol. The number of piperidine rings is 1. The Balaban J connectivity index is 1.32. The molecule has 1 aliphatic heterocycles. The van der Waals surface area contributed by atoms with E-state index in [2.05, 4.69) is 41.5 Å². The number of hydrogen-bond acceptors (Lipinski definition) is 4. The number of H-pyrrole nitrogens is 1. The van der Waals surface area contributed by atoms with Crippen molar-refractivity contribution in [3.8, 4) is 0 Å². The van der Waals surface area contributed by atoms with Crippen LogP contribution >= 0.6 is 0 Å². The summed E-state index contributed by atoms with van der Waals surface area (Å²) in [5, 5.41) is 2.59. The Morgan fingerprint density at radius 2 is 1.97 bits per heavy atom. The average molecular weight is 393 g/mol. The van der Waals surface area contributed by atoms with Gasteiger partial charge in [-0.25, -0.2) is 4.79 Å². The largest absolute Gasteiger partial charge is 0.417 e. The van der Waals surface area contributed by atoms with Crippen molar-refractivity contribution in [3.05, 3.63) is 64.1 Å². The number of nitrogens with zero attached hydrogens (tertiary/aromatic N) is 1. The van der Waals surface area contributed by atoms with Gasteiger partial charge in [0.05, 0.1) is 5.52 Å². The molecule has 2 aromatic carbocycles. The third-order valence-corrected chi connectivity index (χ3v) is 5.38. The van der Waals surface area contributed by atoms with Crippen LogP contribution in [-0.2, 0) is 16.0 Å². The fourth-order valence-corrected chi connectivity index (χ4v) is 3.86. The molecule has 0 bridgehead atoms. The highest BCUT2D eigenvalue weighted by atomic mass is 16.4. The molecule has 0 aliphatic carbocycles. The Morgan fingerprint density at radius 3 is 2.72 bits per heavy atom. The second-order valence-electron chi connectivity index (χ2n) is 7.61. The van der Waals surface area contributed by atoms with Gasteiger partial charge >= 0.3 is 17.6 Å². The predicted molar refractivity (Wildman–Crippen MR) is 110 cm³/mol. The molecule has 1 aliphatic rings. The van der Waals surface area contributed by atoms with Crippen LogP contribution < -0.4 is 11.1 Å². The topological polar surface area (TPSA) is 95.4 Å². The summed E-state index contributed by atoms with van der Waals surface area (Å²) < 4.78 is 4.98.